The van der Waals surface area contributed by atoms with E-state index in [0.717, 1.165) is 17.0 Å². The molecule has 0 saturated carbocycles. The number of sulfonamides is 1. The molecule has 0 amide bonds. The van der Waals surface area contributed by atoms with Crippen LogP contribution in [0.25, 0.3) is 0 Å². The van der Waals surface area contributed by atoms with Crippen LogP contribution in [0.2, 0.25) is 0 Å². The van der Waals surface area contributed by atoms with Gasteiger partial charge in [0.05, 0.1) is 18.0 Å². The van der Waals surface area contributed by atoms with E-state index >= 15 is 0 Å². The number of rotatable bonds is 4. The third-order valence-electron chi connectivity index (χ3n) is 6.27. The zero-order valence-corrected chi connectivity index (χ0v) is 18.3. The quantitative estimate of drug-likeness (QED) is 0.693. The number of hydrazone groups is 1. The monoisotopic (exact) mass is 463 g/mol. The van der Waals surface area contributed by atoms with Crippen molar-refractivity contribution in [3.63, 3.8) is 0 Å². The topological polar surface area (TPSA) is 71.4 Å². The van der Waals surface area contributed by atoms with Crippen LogP contribution in [0, 0.1) is 0 Å². The van der Waals surface area contributed by atoms with Crippen LogP contribution in [0.1, 0.15) is 36.4 Å². The molecule has 32 heavy (non-hydrogen) atoms. The fourth-order valence-corrected chi connectivity index (χ4v) is 5.60. The van der Waals surface area contributed by atoms with Gasteiger partial charge in [-0.25, -0.2) is 17.7 Å². The molecule has 1 atom stereocenters. The Labute approximate surface area is 185 Å². The van der Waals surface area contributed by atoms with Gasteiger partial charge in [0.25, 0.3) is 0 Å². The summed E-state index contributed by atoms with van der Waals surface area (Å²) >= 11 is 0. The van der Waals surface area contributed by atoms with Crippen LogP contribution in [0.3, 0.4) is 0 Å². The lowest BCUT2D eigenvalue weighted by Gasteiger charge is -2.50. The Bertz CT molecular complexity index is 1160. The first-order valence-corrected chi connectivity index (χ1v) is 12.3. The van der Waals surface area contributed by atoms with Gasteiger partial charge in [0.15, 0.2) is 0 Å². The number of hydrogen-bond donors (Lipinski definition) is 0. The van der Waals surface area contributed by atoms with E-state index in [1.165, 1.54) is 16.6 Å². The molecule has 1 fully saturated rings. The van der Waals surface area contributed by atoms with Crippen molar-refractivity contribution in [3.8, 4) is 11.5 Å². The van der Waals surface area contributed by atoms with Gasteiger partial charge in [-0.1, -0.05) is 30.3 Å². The molecule has 1 saturated heterocycles. The van der Waals surface area contributed by atoms with Gasteiger partial charge in [0.1, 0.15) is 11.5 Å². The van der Waals surface area contributed by atoms with Gasteiger partial charge in [-0.3, -0.25) is 0 Å². The SMILES string of the molecule is CS(=O)(=O)N1CCC2(CC1)Oc1ccccc1[C@@H]1CC(c3cccc(OC(F)F)c3)=NN12. The van der Waals surface area contributed by atoms with Crippen LogP contribution >= 0.6 is 0 Å². The Hall–Kier alpha value is -2.72. The molecular formula is C22H23F2N3O4S. The Balaban J connectivity index is 1.50. The summed E-state index contributed by atoms with van der Waals surface area (Å²) < 4.78 is 61.8. The summed E-state index contributed by atoms with van der Waals surface area (Å²) in [6.07, 6.45) is 2.73. The van der Waals surface area contributed by atoms with Gasteiger partial charge in [-0.2, -0.15) is 13.9 Å². The van der Waals surface area contributed by atoms with Gasteiger partial charge in [0.2, 0.25) is 15.7 Å². The molecule has 3 heterocycles. The Morgan fingerprint density at radius 3 is 2.62 bits per heavy atom. The number of fused-ring (bicyclic) bond motifs is 4. The van der Waals surface area contributed by atoms with E-state index in [4.69, 9.17) is 9.84 Å². The molecule has 3 aliphatic rings. The molecule has 5 rings (SSSR count). The number of benzene rings is 2. The molecule has 2 aromatic rings. The van der Waals surface area contributed by atoms with Crippen LogP contribution < -0.4 is 9.47 Å². The van der Waals surface area contributed by atoms with E-state index in [-0.39, 0.29) is 11.8 Å². The number of piperidine rings is 1. The van der Waals surface area contributed by atoms with E-state index in [2.05, 4.69) is 4.74 Å². The minimum Gasteiger partial charge on any atom is -0.466 e. The average Bonchev–Trinajstić information content (AvgIpc) is 3.20. The standard InChI is InChI=1S/C22H23F2N3O4S/c1-32(28,29)26-11-9-22(10-12-26)27-19(17-7-2-3-8-20(17)31-22)14-18(25-27)15-5-4-6-16(13-15)30-21(23)24/h2-8,13,19,21H,9-12,14H2,1H3/t19-/m0/s1. The summed E-state index contributed by atoms with van der Waals surface area (Å²) in [4.78, 5) is 0. The second-order valence-corrected chi connectivity index (χ2v) is 10.2. The zero-order chi connectivity index (χ0) is 22.5. The second kappa shape index (κ2) is 7.70. The molecule has 0 radical (unpaired) electrons. The first-order valence-electron chi connectivity index (χ1n) is 10.4. The molecule has 0 N–H and O–H groups in total. The van der Waals surface area contributed by atoms with Crippen LogP contribution in [0.15, 0.2) is 53.6 Å². The summed E-state index contributed by atoms with van der Waals surface area (Å²) in [7, 11) is -3.28. The summed E-state index contributed by atoms with van der Waals surface area (Å²) in [6.45, 7) is -2.22. The summed E-state index contributed by atoms with van der Waals surface area (Å²) in [6, 6.07) is 14.2. The van der Waals surface area contributed by atoms with Crippen molar-refractivity contribution < 1.29 is 26.7 Å². The van der Waals surface area contributed by atoms with Crippen molar-refractivity contribution in [3.05, 3.63) is 59.7 Å². The molecule has 2 aromatic carbocycles. The molecule has 1 spiro atoms. The first kappa shape index (κ1) is 21.1. The molecule has 0 aromatic heterocycles. The smallest absolute Gasteiger partial charge is 0.387 e. The van der Waals surface area contributed by atoms with Gasteiger partial charge in [-0.15, -0.1) is 0 Å². The number of halogens is 2. The molecule has 170 valence electrons. The summed E-state index contributed by atoms with van der Waals surface area (Å²) in [5, 5.41) is 6.83. The van der Waals surface area contributed by atoms with E-state index in [9.17, 15) is 17.2 Å². The fraction of sp³-hybridized carbons (Fsp3) is 0.409. The summed E-state index contributed by atoms with van der Waals surface area (Å²) in [5.74, 6) is 0.852. The van der Waals surface area contributed by atoms with Gasteiger partial charge in [-0.05, 0) is 18.2 Å². The predicted octanol–water partition coefficient (Wildman–Crippen LogP) is 3.58. The highest BCUT2D eigenvalue weighted by Gasteiger charge is 2.52. The van der Waals surface area contributed by atoms with Crippen molar-refractivity contribution in [1.82, 2.24) is 9.31 Å². The van der Waals surface area contributed by atoms with Crippen LogP contribution in [0.5, 0.6) is 11.5 Å². The maximum Gasteiger partial charge on any atom is 0.387 e. The molecule has 0 aliphatic carbocycles. The van der Waals surface area contributed by atoms with Crippen molar-refractivity contribution in [2.45, 2.75) is 37.6 Å². The van der Waals surface area contributed by atoms with Gasteiger partial charge >= 0.3 is 6.61 Å². The molecule has 0 unspecified atom stereocenters. The number of para-hydroxylation sites is 1. The Kier molecular flexibility index (Phi) is 5.09. The maximum absolute atomic E-state index is 12.7. The second-order valence-electron chi connectivity index (χ2n) is 8.27. The van der Waals surface area contributed by atoms with E-state index in [1.54, 1.807) is 12.1 Å². The number of nitrogens with zero attached hydrogens (tertiary/aromatic N) is 3. The first-order chi connectivity index (χ1) is 15.2. The number of ether oxygens (including phenoxy) is 2. The van der Waals surface area contributed by atoms with Crippen LogP contribution in [0.4, 0.5) is 8.78 Å². The predicted molar refractivity (Wildman–Crippen MR) is 114 cm³/mol. The van der Waals surface area contributed by atoms with Crippen molar-refractivity contribution >= 4 is 15.7 Å². The van der Waals surface area contributed by atoms with Crippen LogP contribution in [-0.4, -0.2) is 55.1 Å². The fourth-order valence-electron chi connectivity index (χ4n) is 4.75. The van der Waals surface area contributed by atoms with Gasteiger partial charge < -0.3 is 9.47 Å². The van der Waals surface area contributed by atoms with E-state index in [1.807, 2.05) is 35.3 Å². The highest BCUT2D eigenvalue weighted by atomic mass is 32.2. The van der Waals surface area contributed by atoms with E-state index in [0.29, 0.717) is 37.9 Å². The summed E-state index contributed by atoms with van der Waals surface area (Å²) in [5.41, 5.74) is 1.69. The normalized spacial score (nSPS) is 22.3. The Morgan fingerprint density at radius 2 is 1.91 bits per heavy atom. The third-order valence-corrected chi connectivity index (χ3v) is 7.57. The highest BCUT2D eigenvalue weighted by Crippen LogP contribution is 2.50. The highest BCUT2D eigenvalue weighted by molar-refractivity contribution is 7.88. The van der Waals surface area contributed by atoms with Gasteiger partial charge in [0, 0.05) is 43.5 Å². The lowest BCUT2D eigenvalue weighted by atomic mass is 9.91. The number of hydrogen-bond acceptors (Lipinski definition) is 6. The van der Waals surface area contributed by atoms with Crippen molar-refractivity contribution in [2.24, 2.45) is 5.10 Å². The number of alkyl halides is 2. The largest absolute Gasteiger partial charge is 0.466 e. The maximum atomic E-state index is 12.7. The van der Waals surface area contributed by atoms with Crippen molar-refractivity contribution in [2.75, 3.05) is 19.3 Å². The van der Waals surface area contributed by atoms with Crippen LogP contribution in [-0.2, 0) is 10.0 Å². The Morgan fingerprint density at radius 1 is 1.16 bits per heavy atom. The molecule has 7 nitrogen and oxygen atoms in total. The zero-order valence-electron chi connectivity index (χ0n) is 17.4. The molecule has 10 heteroatoms. The minimum absolute atomic E-state index is 0.0814. The van der Waals surface area contributed by atoms with Crippen molar-refractivity contribution in [1.29, 1.82) is 0 Å². The lowest BCUT2D eigenvalue weighted by molar-refractivity contribution is -0.143. The third kappa shape index (κ3) is 3.71. The molecular weight excluding hydrogens is 440 g/mol. The molecule has 3 aliphatic heterocycles. The lowest BCUT2D eigenvalue weighted by Crippen LogP contribution is -2.59. The molecule has 0 bridgehead atoms. The van der Waals surface area contributed by atoms with E-state index < -0.39 is 22.4 Å². The minimum atomic E-state index is -3.28. The average molecular weight is 464 g/mol.